The number of amides is 7. The molecule has 2 heterocycles. The van der Waals surface area contributed by atoms with Crippen molar-refractivity contribution in [3.05, 3.63) is 71.9 Å². The van der Waals surface area contributed by atoms with E-state index in [4.69, 9.17) is 28.7 Å². The van der Waals surface area contributed by atoms with Gasteiger partial charge in [0.15, 0.2) is 5.96 Å². The Morgan fingerprint density at radius 2 is 1.39 bits per heavy atom. The Morgan fingerprint density at radius 1 is 0.786 bits per heavy atom. The van der Waals surface area contributed by atoms with Crippen LogP contribution >= 0.6 is 21.6 Å². The average molecular weight is 1010 g/mol. The molecule has 22 nitrogen and oxygen atoms in total. The van der Waals surface area contributed by atoms with Crippen LogP contribution < -0.4 is 60.6 Å². The molecule has 0 unspecified atom stereocenters. The molecule has 2 aromatic carbocycles. The van der Waals surface area contributed by atoms with Crippen LogP contribution in [0.4, 0.5) is 0 Å². The number of aliphatic imine (C=N–C) groups is 1. The number of unbranched alkanes of at least 4 members (excludes halogenated alkanes) is 1. The van der Waals surface area contributed by atoms with Crippen molar-refractivity contribution in [1.29, 1.82) is 0 Å². The van der Waals surface area contributed by atoms with Crippen LogP contribution in [-0.4, -0.2) is 129 Å². The Hall–Kier alpha value is -6.37. The minimum Gasteiger partial charge on any atom is -0.480 e. The molecule has 1 aromatic heterocycles. The number of benzene rings is 2. The van der Waals surface area contributed by atoms with Crippen molar-refractivity contribution in [1.82, 2.24) is 36.9 Å². The zero-order chi connectivity index (χ0) is 51.4. The van der Waals surface area contributed by atoms with Crippen molar-refractivity contribution in [2.75, 3.05) is 18.8 Å². The first-order valence-electron chi connectivity index (χ1n) is 23.0. The van der Waals surface area contributed by atoms with E-state index in [1.54, 1.807) is 56.4 Å². The van der Waals surface area contributed by atoms with Crippen LogP contribution in [0.1, 0.15) is 76.3 Å². The van der Waals surface area contributed by atoms with Gasteiger partial charge < -0.3 is 70.7 Å². The van der Waals surface area contributed by atoms with Gasteiger partial charge in [0, 0.05) is 48.7 Å². The number of rotatable bonds is 18. The van der Waals surface area contributed by atoms with Crippen molar-refractivity contribution in [3.8, 4) is 0 Å². The number of carbonyl (C=O) groups is 8. The highest BCUT2D eigenvalue weighted by molar-refractivity contribution is 8.77. The van der Waals surface area contributed by atoms with E-state index in [-0.39, 0.29) is 69.6 Å². The maximum absolute atomic E-state index is 14.5. The number of nitrogens with one attached hydrogen (secondary N) is 7. The lowest BCUT2D eigenvalue weighted by Gasteiger charge is -2.32. The number of hydrogen-bond acceptors (Lipinski definition) is 13. The number of carboxylic acids is 1. The van der Waals surface area contributed by atoms with Gasteiger partial charge in [0.25, 0.3) is 0 Å². The molecule has 382 valence electrons. The maximum Gasteiger partial charge on any atom is 0.327 e. The third-order valence-corrected chi connectivity index (χ3v) is 14.8. The standard InChI is InChI=1S/C46H67N13O9S2/c1-46(2)37(44(67)68)59-43(66)35(24-27-25-53-30-15-7-6-13-28(27)30)58-39(62)31(16-10-21-52-45(50)51)55-42(65)34(23-26-11-4-3-5-12-26)57-40(63)32(17-18-36(49)60)56-41(64)33(19-22-69-70-46)54-38(61)29(48)14-8-9-20-47/h3-7,11-13,15,25,29,31-35,37,53H,8-10,14,16-24,47-48H2,1-2H3,(H2,49,60)(H,54,61)(H,55,65)(H,56,64)(H,57,63)(H,58,62)(H,59,66)(H,67,68)(H4,50,51,52)/t29-,31-,32-,33-,34+,35-,37+/m0/s1. The molecule has 0 aliphatic carbocycles. The zero-order valence-electron chi connectivity index (χ0n) is 39.4. The Kier molecular flexibility index (Phi) is 22.3. The second-order valence-corrected chi connectivity index (χ2v) is 20.6. The van der Waals surface area contributed by atoms with Crippen LogP contribution in [0.5, 0.6) is 0 Å². The molecule has 24 heteroatoms. The summed E-state index contributed by atoms with van der Waals surface area (Å²) in [5, 5.41) is 27.5. The van der Waals surface area contributed by atoms with Crippen molar-refractivity contribution >= 4 is 85.8 Å². The van der Waals surface area contributed by atoms with Crippen LogP contribution in [0.15, 0.2) is 65.8 Å². The second kappa shape index (κ2) is 27.7. The number of carbonyl (C=O) groups excluding carboxylic acids is 7. The molecule has 70 heavy (non-hydrogen) atoms. The lowest BCUT2D eigenvalue weighted by Crippen LogP contribution is -2.61. The third kappa shape index (κ3) is 17.9. The molecular weight excluding hydrogens is 943 g/mol. The fourth-order valence-corrected chi connectivity index (χ4v) is 10.3. The number of primary amides is 1. The molecule has 0 bridgehead atoms. The van der Waals surface area contributed by atoms with Crippen LogP contribution in [0.2, 0.25) is 0 Å². The number of aromatic nitrogens is 1. The lowest BCUT2D eigenvalue weighted by molar-refractivity contribution is -0.143. The molecule has 1 aliphatic heterocycles. The Morgan fingerprint density at radius 3 is 2.04 bits per heavy atom. The van der Waals surface area contributed by atoms with Gasteiger partial charge in [0.2, 0.25) is 41.4 Å². The van der Waals surface area contributed by atoms with Gasteiger partial charge in [-0.3, -0.25) is 38.6 Å². The van der Waals surface area contributed by atoms with Crippen molar-refractivity contribution < 1.29 is 43.5 Å². The topological polar surface area (TPSA) is 387 Å². The van der Waals surface area contributed by atoms with Crippen LogP contribution in [0.25, 0.3) is 10.9 Å². The summed E-state index contributed by atoms with van der Waals surface area (Å²) in [5.74, 6) is -7.05. The molecule has 7 atom stereocenters. The lowest BCUT2D eigenvalue weighted by atomic mass is 10.00. The van der Waals surface area contributed by atoms with E-state index in [2.05, 4.69) is 41.9 Å². The number of aromatic amines is 1. The largest absolute Gasteiger partial charge is 0.480 e. The molecule has 3 aromatic rings. The summed E-state index contributed by atoms with van der Waals surface area (Å²) >= 11 is 0. The molecule has 4 rings (SSSR count). The van der Waals surface area contributed by atoms with E-state index in [0.29, 0.717) is 30.5 Å². The third-order valence-electron chi connectivity index (χ3n) is 11.5. The SMILES string of the molecule is CC1(C)SSCC[C@H](NC(=O)[C@@H](N)CCCCN)C(=O)N[C@@H](CCC(N)=O)C(=O)N[C@H](Cc2ccccc2)C(=O)N[C@@H](CCCN=C(N)N)C(=O)N[C@@H](Cc2c[nH]c3ccccc23)C(=O)N[C@@H]1C(=O)O. The Balaban J connectivity index is 1.82. The summed E-state index contributed by atoms with van der Waals surface area (Å²) in [4.78, 5) is 118. The molecule has 1 fully saturated rings. The molecule has 1 saturated heterocycles. The van der Waals surface area contributed by atoms with Crippen LogP contribution in [-0.2, 0) is 51.2 Å². The Labute approximate surface area is 414 Å². The number of H-pyrrole nitrogens is 1. The zero-order valence-corrected chi connectivity index (χ0v) is 41.0. The van der Waals surface area contributed by atoms with Gasteiger partial charge in [-0.05, 0) is 76.1 Å². The normalized spacial score (nSPS) is 22.4. The summed E-state index contributed by atoms with van der Waals surface area (Å²) in [6.45, 7) is 3.66. The molecule has 1 aliphatic rings. The molecule has 0 spiro atoms. The van der Waals surface area contributed by atoms with E-state index in [0.717, 1.165) is 21.7 Å². The smallest absolute Gasteiger partial charge is 0.327 e. The summed E-state index contributed by atoms with van der Waals surface area (Å²) in [7, 11) is 2.27. The van der Waals surface area contributed by atoms with Gasteiger partial charge in [0.05, 0.1) is 10.8 Å². The monoisotopic (exact) mass is 1010 g/mol. The number of aliphatic carboxylic acids is 1. The maximum atomic E-state index is 14.5. The number of carboxylic acid groups (broad SMARTS) is 1. The number of para-hydroxylation sites is 1. The van der Waals surface area contributed by atoms with E-state index in [9.17, 15) is 43.5 Å². The number of guanidine groups is 1. The predicted octanol–water partition coefficient (Wildman–Crippen LogP) is -0.714. The van der Waals surface area contributed by atoms with Crippen molar-refractivity contribution in [3.63, 3.8) is 0 Å². The number of nitrogens with zero attached hydrogens (tertiary/aromatic N) is 1. The van der Waals surface area contributed by atoms with Gasteiger partial charge in [-0.2, -0.15) is 0 Å². The number of hydrogen-bond donors (Lipinski definition) is 13. The van der Waals surface area contributed by atoms with E-state index in [1.165, 1.54) is 10.8 Å². The first kappa shape index (κ1) is 56.2. The minimum absolute atomic E-state index is 0.0442. The fraction of sp³-hybridized carbons (Fsp3) is 0.500. The van der Waals surface area contributed by atoms with Gasteiger partial charge in [0.1, 0.15) is 36.3 Å². The highest BCUT2D eigenvalue weighted by Crippen LogP contribution is 2.39. The summed E-state index contributed by atoms with van der Waals surface area (Å²) < 4.78 is -1.24. The van der Waals surface area contributed by atoms with Crippen LogP contribution in [0, 0.1) is 0 Å². The summed E-state index contributed by atoms with van der Waals surface area (Å²) in [6.07, 6.45) is 2.31. The number of fused-ring (bicyclic) bond motifs is 1. The van der Waals surface area contributed by atoms with Crippen LogP contribution in [0.3, 0.4) is 0 Å². The molecular formula is C46H67N13O9S2. The highest BCUT2D eigenvalue weighted by Gasteiger charge is 2.40. The highest BCUT2D eigenvalue weighted by atomic mass is 33.1. The van der Waals surface area contributed by atoms with Gasteiger partial charge in [-0.1, -0.05) is 76.5 Å². The molecule has 0 saturated carbocycles. The Bertz CT molecular complexity index is 2310. The number of nitrogens with two attached hydrogens (primary N) is 5. The van der Waals surface area contributed by atoms with E-state index < -0.39 is 94.4 Å². The first-order valence-corrected chi connectivity index (χ1v) is 25.3. The average Bonchev–Trinajstić information content (AvgIpc) is 3.72. The van der Waals surface area contributed by atoms with Gasteiger partial charge in [-0.15, -0.1) is 0 Å². The molecule has 7 amide bonds. The van der Waals surface area contributed by atoms with Crippen molar-refractivity contribution in [2.24, 2.45) is 33.7 Å². The molecule has 0 radical (unpaired) electrons. The first-order chi connectivity index (χ1) is 33.3. The second-order valence-electron chi connectivity index (χ2n) is 17.5. The molecule has 18 N–H and O–H groups in total. The fourth-order valence-electron chi connectivity index (χ4n) is 7.58. The summed E-state index contributed by atoms with van der Waals surface area (Å²) in [6, 6.07) is 6.48. The van der Waals surface area contributed by atoms with E-state index in [1.807, 2.05) is 18.2 Å². The van der Waals surface area contributed by atoms with Gasteiger partial charge in [-0.25, -0.2) is 4.79 Å². The van der Waals surface area contributed by atoms with Crippen molar-refractivity contribution in [2.45, 2.75) is 125 Å². The quantitative estimate of drug-likeness (QED) is 0.0324. The predicted molar refractivity (Wildman–Crippen MR) is 269 cm³/mol. The van der Waals surface area contributed by atoms with Gasteiger partial charge >= 0.3 is 5.97 Å². The minimum atomic E-state index is -1.53. The summed E-state index contributed by atoms with van der Waals surface area (Å²) in [5.41, 5.74) is 30.4. The van der Waals surface area contributed by atoms with E-state index >= 15 is 0 Å².